The zero-order valence-electron chi connectivity index (χ0n) is 13.7. The average Bonchev–Trinajstić information content (AvgIpc) is 2.88. The van der Waals surface area contributed by atoms with Crippen molar-refractivity contribution in [3.05, 3.63) is 53.9 Å². The van der Waals surface area contributed by atoms with Crippen LogP contribution in [0.1, 0.15) is 50.1 Å². The molecule has 0 unspecified atom stereocenters. The van der Waals surface area contributed by atoms with Gasteiger partial charge in [-0.2, -0.15) is 0 Å². The first-order chi connectivity index (χ1) is 12.1. The molecular formula is C19H18F3N3. The monoisotopic (exact) mass is 345 g/mol. The van der Waals surface area contributed by atoms with Crippen molar-refractivity contribution in [3.63, 3.8) is 0 Å². The van der Waals surface area contributed by atoms with Gasteiger partial charge in [-0.25, -0.2) is 23.1 Å². The minimum Gasteiger partial charge on any atom is -0.287 e. The van der Waals surface area contributed by atoms with Crippen LogP contribution in [0.2, 0.25) is 0 Å². The van der Waals surface area contributed by atoms with Crippen LogP contribution in [-0.2, 0) is 0 Å². The Bertz CT molecular complexity index is 888. The van der Waals surface area contributed by atoms with Gasteiger partial charge in [-0.3, -0.25) is 4.40 Å². The molecule has 130 valence electrons. The molecule has 4 rings (SSSR count). The first-order valence-corrected chi connectivity index (χ1v) is 8.62. The van der Waals surface area contributed by atoms with E-state index >= 15 is 0 Å². The van der Waals surface area contributed by atoms with E-state index in [0.717, 1.165) is 31.4 Å². The van der Waals surface area contributed by atoms with Crippen LogP contribution in [0.15, 0.2) is 30.7 Å². The van der Waals surface area contributed by atoms with Crippen molar-refractivity contribution in [2.24, 2.45) is 0 Å². The SMILES string of the molecule is Fc1cc(F)c(-c2cnc3nccn3c2C2CCCCCC2)c(F)c1. The predicted octanol–water partition coefficient (Wildman–Crippen LogP) is 5.25. The largest absolute Gasteiger partial charge is 0.287 e. The summed E-state index contributed by atoms with van der Waals surface area (Å²) in [5.74, 6) is -2.07. The third-order valence-electron chi connectivity index (χ3n) is 4.98. The van der Waals surface area contributed by atoms with Crippen LogP contribution >= 0.6 is 0 Å². The summed E-state index contributed by atoms with van der Waals surface area (Å²) in [6.07, 6.45) is 11.3. The zero-order valence-corrected chi connectivity index (χ0v) is 13.7. The minimum absolute atomic E-state index is 0.168. The van der Waals surface area contributed by atoms with Crippen LogP contribution in [0.25, 0.3) is 16.9 Å². The van der Waals surface area contributed by atoms with Crippen LogP contribution in [-0.4, -0.2) is 14.4 Å². The summed E-state index contributed by atoms with van der Waals surface area (Å²) in [5.41, 5.74) is 0.977. The van der Waals surface area contributed by atoms with Crippen LogP contribution in [0.4, 0.5) is 13.2 Å². The lowest BCUT2D eigenvalue weighted by Crippen LogP contribution is -2.09. The van der Waals surface area contributed by atoms with Crippen molar-refractivity contribution in [2.45, 2.75) is 44.4 Å². The lowest BCUT2D eigenvalue weighted by molar-refractivity contribution is 0.544. The van der Waals surface area contributed by atoms with Gasteiger partial charge in [0.05, 0.1) is 5.56 Å². The standard InChI is InChI=1S/C19H18F3N3/c20-13-9-15(21)17(16(22)10-13)14-11-24-19-23-7-8-25(19)18(14)12-5-3-1-2-4-6-12/h7-12H,1-6H2. The van der Waals surface area contributed by atoms with Crippen molar-refractivity contribution in [1.82, 2.24) is 14.4 Å². The fourth-order valence-electron chi connectivity index (χ4n) is 3.86. The molecule has 0 spiro atoms. The van der Waals surface area contributed by atoms with Crippen LogP contribution in [0.3, 0.4) is 0 Å². The van der Waals surface area contributed by atoms with Gasteiger partial charge in [0.2, 0.25) is 5.78 Å². The van der Waals surface area contributed by atoms with Gasteiger partial charge in [0.25, 0.3) is 0 Å². The number of imidazole rings is 1. The van der Waals surface area contributed by atoms with Gasteiger partial charge < -0.3 is 0 Å². The van der Waals surface area contributed by atoms with Crippen molar-refractivity contribution < 1.29 is 13.2 Å². The van der Waals surface area contributed by atoms with E-state index in [-0.39, 0.29) is 11.5 Å². The van der Waals surface area contributed by atoms with Gasteiger partial charge in [-0.05, 0) is 12.8 Å². The number of benzene rings is 1. The highest BCUT2D eigenvalue weighted by molar-refractivity contribution is 5.68. The van der Waals surface area contributed by atoms with Crippen molar-refractivity contribution in [3.8, 4) is 11.1 Å². The number of rotatable bonds is 2. The molecule has 2 heterocycles. The van der Waals surface area contributed by atoms with E-state index in [1.54, 1.807) is 12.4 Å². The molecule has 0 radical (unpaired) electrons. The van der Waals surface area contributed by atoms with Gasteiger partial charge >= 0.3 is 0 Å². The highest BCUT2D eigenvalue weighted by Gasteiger charge is 2.25. The summed E-state index contributed by atoms with van der Waals surface area (Å²) in [6.45, 7) is 0. The fraction of sp³-hybridized carbons (Fsp3) is 0.368. The Morgan fingerprint density at radius 3 is 2.28 bits per heavy atom. The highest BCUT2D eigenvalue weighted by atomic mass is 19.1. The second kappa shape index (κ2) is 6.50. The Morgan fingerprint density at radius 2 is 1.60 bits per heavy atom. The molecule has 0 atom stereocenters. The van der Waals surface area contributed by atoms with Crippen LogP contribution in [0, 0.1) is 17.5 Å². The summed E-state index contributed by atoms with van der Waals surface area (Å²) in [4.78, 5) is 8.42. The van der Waals surface area contributed by atoms with E-state index in [1.165, 1.54) is 19.0 Å². The normalized spacial score (nSPS) is 16.3. The van der Waals surface area contributed by atoms with Crippen molar-refractivity contribution in [1.29, 1.82) is 0 Å². The molecule has 1 aromatic carbocycles. The van der Waals surface area contributed by atoms with Crippen molar-refractivity contribution in [2.75, 3.05) is 0 Å². The molecule has 0 amide bonds. The van der Waals surface area contributed by atoms with Gasteiger partial charge in [-0.15, -0.1) is 0 Å². The van der Waals surface area contributed by atoms with E-state index in [0.29, 0.717) is 23.5 Å². The lowest BCUT2D eigenvalue weighted by atomic mass is 9.90. The van der Waals surface area contributed by atoms with E-state index in [4.69, 9.17) is 0 Å². The minimum atomic E-state index is -0.925. The number of hydrogen-bond acceptors (Lipinski definition) is 2. The molecular weight excluding hydrogens is 327 g/mol. The Balaban J connectivity index is 1.96. The molecule has 25 heavy (non-hydrogen) atoms. The highest BCUT2D eigenvalue weighted by Crippen LogP contribution is 2.39. The summed E-state index contributed by atoms with van der Waals surface area (Å²) in [5, 5.41) is 0. The number of aromatic nitrogens is 3. The number of nitrogens with zero attached hydrogens (tertiary/aromatic N) is 3. The lowest BCUT2D eigenvalue weighted by Gasteiger charge is -2.21. The fourth-order valence-corrected chi connectivity index (χ4v) is 3.86. The molecule has 2 aromatic heterocycles. The summed E-state index contributed by atoms with van der Waals surface area (Å²) in [7, 11) is 0. The van der Waals surface area contributed by atoms with E-state index in [2.05, 4.69) is 9.97 Å². The quantitative estimate of drug-likeness (QED) is 0.594. The molecule has 0 N–H and O–H groups in total. The second-order valence-electron chi connectivity index (χ2n) is 6.59. The van der Waals surface area contributed by atoms with E-state index in [1.807, 2.05) is 4.40 Å². The summed E-state index contributed by atoms with van der Waals surface area (Å²) in [6, 6.07) is 1.43. The van der Waals surface area contributed by atoms with Gasteiger partial charge in [-0.1, -0.05) is 25.7 Å². The predicted molar refractivity (Wildman–Crippen MR) is 88.7 cm³/mol. The second-order valence-corrected chi connectivity index (χ2v) is 6.59. The first kappa shape index (κ1) is 16.1. The molecule has 1 aliphatic rings. The van der Waals surface area contributed by atoms with E-state index < -0.39 is 17.5 Å². The Labute approximate surface area is 143 Å². The van der Waals surface area contributed by atoms with Crippen molar-refractivity contribution >= 4 is 5.78 Å². The summed E-state index contributed by atoms with van der Waals surface area (Å²) >= 11 is 0. The average molecular weight is 345 g/mol. The molecule has 1 saturated carbocycles. The molecule has 0 aliphatic heterocycles. The molecule has 6 heteroatoms. The maximum atomic E-state index is 14.4. The molecule has 1 fully saturated rings. The molecule has 3 aromatic rings. The maximum Gasteiger partial charge on any atom is 0.233 e. The van der Waals surface area contributed by atoms with Gasteiger partial charge in [0, 0.05) is 47.9 Å². The number of hydrogen-bond donors (Lipinski definition) is 0. The Morgan fingerprint density at radius 1 is 0.920 bits per heavy atom. The smallest absolute Gasteiger partial charge is 0.233 e. The van der Waals surface area contributed by atoms with E-state index in [9.17, 15) is 13.2 Å². The maximum absolute atomic E-state index is 14.4. The zero-order chi connectivity index (χ0) is 17.4. The number of halogens is 3. The van der Waals surface area contributed by atoms with Crippen LogP contribution < -0.4 is 0 Å². The number of fused-ring (bicyclic) bond motifs is 1. The van der Waals surface area contributed by atoms with Crippen LogP contribution in [0.5, 0.6) is 0 Å². The molecule has 3 nitrogen and oxygen atoms in total. The molecule has 0 bridgehead atoms. The molecule has 0 saturated heterocycles. The third-order valence-corrected chi connectivity index (χ3v) is 4.98. The summed E-state index contributed by atoms with van der Waals surface area (Å²) < 4.78 is 44.0. The van der Waals surface area contributed by atoms with Gasteiger partial charge in [0.15, 0.2) is 0 Å². The van der Waals surface area contributed by atoms with Gasteiger partial charge in [0.1, 0.15) is 17.5 Å². The third kappa shape index (κ3) is 2.90. The Kier molecular flexibility index (Phi) is 4.19. The Hall–Kier alpha value is -2.37. The first-order valence-electron chi connectivity index (χ1n) is 8.62. The molecule has 1 aliphatic carbocycles. The topological polar surface area (TPSA) is 30.2 Å².